The van der Waals surface area contributed by atoms with Gasteiger partial charge in [-0.15, -0.1) is 0 Å². The first-order valence-corrected chi connectivity index (χ1v) is 4.71. The van der Waals surface area contributed by atoms with E-state index in [1.54, 1.807) is 0 Å². The fraction of sp³-hybridized carbons (Fsp3) is 0.273. The largest absolute Gasteiger partial charge is 0.416 e. The van der Waals surface area contributed by atoms with E-state index in [1.807, 2.05) is 0 Å². The minimum absolute atomic E-state index is 0.254. The van der Waals surface area contributed by atoms with Crippen LogP contribution >= 0.6 is 0 Å². The number of rotatable bonds is 2. The molecule has 0 radical (unpaired) electrons. The van der Waals surface area contributed by atoms with E-state index in [4.69, 9.17) is 5.53 Å². The van der Waals surface area contributed by atoms with Crippen molar-refractivity contribution in [2.75, 3.05) is 6.54 Å². The Hall–Kier alpha value is -2.12. The Labute approximate surface area is 95.9 Å². The van der Waals surface area contributed by atoms with Crippen LogP contribution in [0.3, 0.4) is 0 Å². The smallest absolute Gasteiger partial charge is 0.166 e. The van der Waals surface area contributed by atoms with Gasteiger partial charge in [-0.1, -0.05) is 17.0 Å². The molecule has 1 aromatic carbocycles. The van der Waals surface area contributed by atoms with Gasteiger partial charge >= 0.3 is 6.18 Å². The summed E-state index contributed by atoms with van der Waals surface area (Å²) in [7, 11) is 0. The molecule has 3 nitrogen and oxygen atoms in total. The van der Waals surface area contributed by atoms with E-state index in [0.717, 1.165) is 12.1 Å². The van der Waals surface area contributed by atoms with E-state index in [2.05, 4.69) is 21.9 Å². The molecule has 88 valence electrons. The molecule has 0 bridgehead atoms. The molecule has 0 aromatic heterocycles. The summed E-state index contributed by atoms with van der Waals surface area (Å²) < 4.78 is 36.7. The number of halogens is 3. The molecule has 6 heteroatoms. The predicted octanol–water partition coefficient (Wildman–Crippen LogP) is 3.76. The number of hydrogen-bond acceptors (Lipinski definition) is 1. The summed E-state index contributed by atoms with van der Waals surface area (Å²) in [5.41, 5.74) is 7.79. The lowest BCUT2D eigenvalue weighted by molar-refractivity contribution is -0.137. The molecular weight excluding hydrogens is 231 g/mol. The van der Waals surface area contributed by atoms with Gasteiger partial charge in [0.15, 0.2) is 0 Å². The normalized spacial score (nSPS) is 10.1. The van der Waals surface area contributed by atoms with Crippen molar-refractivity contribution >= 4 is 0 Å². The molecular formula is C11H8F3N3. The molecule has 0 spiro atoms. The van der Waals surface area contributed by atoms with Crippen molar-refractivity contribution < 1.29 is 13.2 Å². The number of nitrogens with zero attached hydrogens (tertiary/aromatic N) is 3. The molecule has 0 heterocycles. The van der Waals surface area contributed by atoms with Crippen molar-refractivity contribution in [3.8, 4) is 11.8 Å². The second-order valence-corrected chi connectivity index (χ2v) is 3.08. The zero-order chi connectivity index (χ0) is 12.7. The van der Waals surface area contributed by atoms with Gasteiger partial charge in [-0.3, -0.25) is 0 Å². The van der Waals surface area contributed by atoms with E-state index in [9.17, 15) is 13.2 Å². The zero-order valence-corrected chi connectivity index (χ0v) is 8.70. The fourth-order valence-electron chi connectivity index (χ4n) is 1.06. The van der Waals surface area contributed by atoms with Gasteiger partial charge in [0.25, 0.3) is 0 Å². The minimum atomic E-state index is -4.33. The Balaban J connectivity index is 2.65. The summed E-state index contributed by atoms with van der Waals surface area (Å²) in [4.78, 5) is 2.55. The summed E-state index contributed by atoms with van der Waals surface area (Å²) in [5.74, 6) is 5.38. The second-order valence-electron chi connectivity index (χ2n) is 3.08. The van der Waals surface area contributed by atoms with Crippen molar-refractivity contribution in [1.82, 2.24) is 0 Å². The lowest BCUT2D eigenvalue weighted by Gasteiger charge is -2.05. The van der Waals surface area contributed by atoms with Gasteiger partial charge in [0.1, 0.15) is 0 Å². The van der Waals surface area contributed by atoms with Crippen LogP contribution in [0.5, 0.6) is 0 Å². The molecule has 0 aliphatic rings. The quantitative estimate of drug-likeness (QED) is 0.248. The molecule has 1 aromatic rings. The number of benzene rings is 1. The molecule has 0 amide bonds. The van der Waals surface area contributed by atoms with E-state index in [-0.39, 0.29) is 6.54 Å². The van der Waals surface area contributed by atoms with Crippen molar-refractivity contribution in [3.05, 3.63) is 45.8 Å². The fourth-order valence-corrected chi connectivity index (χ4v) is 1.06. The van der Waals surface area contributed by atoms with Gasteiger partial charge in [-0.2, -0.15) is 13.2 Å². The van der Waals surface area contributed by atoms with Crippen LogP contribution in [0.4, 0.5) is 13.2 Å². The van der Waals surface area contributed by atoms with Crippen LogP contribution in [0.1, 0.15) is 17.5 Å². The molecule has 0 aliphatic carbocycles. The lowest BCUT2D eigenvalue weighted by Crippen LogP contribution is -2.04. The van der Waals surface area contributed by atoms with Crippen molar-refractivity contribution in [2.45, 2.75) is 12.6 Å². The molecule has 0 aliphatic heterocycles. The summed E-state index contributed by atoms with van der Waals surface area (Å²) >= 11 is 0. The standard InChI is InChI=1S/C11H8F3N3/c12-11(13,14)10-6-4-9(5-7-10)3-1-2-8-16-17-15/h4-7H,2,8H2. The second kappa shape index (κ2) is 5.83. The molecule has 0 unspecified atom stereocenters. The van der Waals surface area contributed by atoms with E-state index < -0.39 is 11.7 Å². The van der Waals surface area contributed by atoms with Gasteiger partial charge in [0, 0.05) is 23.4 Å². The first-order valence-electron chi connectivity index (χ1n) is 4.71. The average molecular weight is 239 g/mol. The Bertz CT molecular complexity index is 473. The summed E-state index contributed by atoms with van der Waals surface area (Å²) in [5, 5.41) is 3.28. The highest BCUT2D eigenvalue weighted by molar-refractivity contribution is 5.36. The molecule has 0 N–H and O–H groups in total. The predicted molar refractivity (Wildman–Crippen MR) is 57.0 cm³/mol. The Morgan fingerprint density at radius 1 is 1.24 bits per heavy atom. The third-order valence-corrected chi connectivity index (χ3v) is 1.85. The maximum atomic E-state index is 12.2. The van der Waals surface area contributed by atoms with Crippen LogP contribution in [-0.4, -0.2) is 6.54 Å². The zero-order valence-electron chi connectivity index (χ0n) is 8.70. The van der Waals surface area contributed by atoms with Gasteiger partial charge in [-0.05, 0) is 29.8 Å². The number of azide groups is 1. The molecule has 0 fully saturated rings. The van der Waals surface area contributed by atoms with Gasteiger partial charge in [0.2, 0.25) is 0 Å². The molecule has 1 rings (SSSR count). The molecule has 0 saturated carbocycles. The first-order chi connectivity index (χ1) is 8.04. The average Bonchev–Trinajstić information content (AvgIpc) is 2.28. The lowest BCUT2D eigenvalue weighted by atomic mass is 10.1. The molecule has 17 heavy (non-hydrogen) atoms. The van der Waals surface area contributed by atoms with Crippen molar-refractivity contribution in [1.29, 1.82) is 0 Å². The molecule has 0 atom stereocenters. The van der Waals surface area contributed by atoms with Crippen LogP contribution in [0.2, 0.25) is 0 Å². The van der Waals surface area contributed by atoms with Crippen LogP contribution in [0, 0.1) is 11.8 Å². The maximum absolute atomic E-state index is 12.2. The van der Waals surface area contributed by atoms with Crippen LogP contribution in [0.15, 0.2) is 29.4 Å². The summed E-state index contributed by atoms with van der Waals surface area (Å²) in [6.45, 7) is 0.254. The third-order valence-electron chi connectivity index (χ3n) is 1.85. The van der Waals surface area contributed by atoms with Gasteiger partial charge in [0.05, 0.1) is 5.56 Å². The third kappa shape index (κ3) is 4.49. The van der Waals surface area contributed by atoms with Crippen LogP contribution in [0.25, 0.3) is 10.4 Å². The number of alkyl halides is 3. The van der Waals surface area contributed by atoms with Gasteiger partial charge in [-0.25, -0.2) is 0 Å². The number of hydrogen-bond donors (Lipinski definition) is 0. The monoisotopic (exact) mass is 239 g/mol. The maximum Gasteiger partial charge on any atom is 0.416 e. The van der Waals surface area contributed by atoms with E-state index in [0.29, 0.717) is 12.0 Å². The topological polar surface area (TPSA) is 48.8 Å². The van der Waals surface area contributed by atoms with E-state index >= 15 is 0 Å². The highest BCUT2D eigenvalue weighted by Gasteiger charge is 2.29. The SMILES string of the molecule is [N-]=[N+]=NCCC#Cc1ccc(C(F)(F)F)cc1. The Kier molecular flexibility index (Phi) is 4.44. The van der Waals surface area contributed by atoms with E-state index in [1.165, 1.54) is 12.1 Å². The minimum Gasteiger partial charge on any atom is -0.166 e. The Morgan fingerprint density at radius 3 is 2.41 bits per heavy atom. The summed E-state index contributed by atoms with van der Waals surface area (Å²) in [6, 6.07) is 4.58. The molecule has 0 saturated heterocycles. The van der Waals surface area contributed by atoms with Gasteiger partial charge < -0.3 is 0 Å². The van der Waals surface area contributed by atoms with Crippen molar-refractivity contribution in [2.24, 2.45) is 5.11 Å². The van der Waals surface area contributed by atoms with Crippen molar-refractivity contribution in [3.63, 3.8) is 0 Å². The summed E-state index contributed by atoms with van der Waals surface area (Å²) in [6.07, 6.45) is -3.95. The van der Waals surface area contributed by atoms with Crippen LogP contribution < -0.4 is 0 Å². The van der Waals surface area contributed by atoms with Crippen LogP contribution in [-0.2, 0) is 6.18 Å². The highest BCUT2D eigenvalue weighted by atomic mass is 19.4. The first kappa shape index (κ1) is 12.9. The Morgan fingerprint density at radius 2 is 1.88 bits per heavy atom. The highest BCUT2D eigenvalue weighted by Crippen LogP contribution is 2.28.